The highest BCUT2D eigenvalue weighted by molar-refractivity contribution is 6.32. The van der Waals surface area contributed by atoms with Crippen molar-refractivity contribution in [2.45, 2.75) is 26.7 Å². The fourth-order valence-corrected chi connectivity index (χ4v) is 2.64. The second kappa shape index (κ2) is 6.60. The van der Waals surface area contributed by atoms with E-state index in [1.807, 2.05) is 43.5 Å². The molecule has 0 fully saturated rings. The first-order valence-corrected chi connectivity index (χ1v) is 8.09. The zero-order chi connectivity index (χ0) is 18.1. The fraction of sp³-hybridized carbons (Fsp3) is 0.235. The quantitative estimate of drug-likeness (QED) is 0.339. The number of nitro benzene ring substituents is 1. The lowest BCUT2D eigenvalue weighted by Crippen LogP contribution is -1.89. The number of pyridine rings is 1. The first-order valence-electron chi connectivity index (χ1n) is 7.71. The van der Waals surface area contributed by atoms with Gasteiger partial charge in [0.15, 0.2) is 5.82 Å². The number of hydrogen-bond donors (Lipinski definition) is 0. The third kappa shape index (κ3) is 3.36. The summed E-state index contributed by atoms with van der Waals surface area (Å²) in [5.41, 5.74) is 2.83. The molecular formula is C17H16ClN5O2. The van der Waals surface area contributed by atoms with Crippen LogP contribution in [0.3, 0.4) is 0 Å². The highest BCUT2D eigenvalue weighted by atomic mass is 35.5. The molecule has 2 heterocycles. The van der Waals surface area contributed by atoms with Gasteiger partial charge in [-0.2, -0.15) is 0 Å². The molecule has 7 nitrogen and oxygen atoms in total. The summed E-state index contributed by atoms with van der Waals surface area (Å²) in [5, 5.41) is 19.5. The summed E-state index contributed by atoms with van der Waals surface area (Å²) in [6.07, 6.45) is 1.94. The molecule has 0 aliphatic rings. The van der Waals surface area contributed by atoms with Crippen molar-refractivity contribution in [2.24, 2.45) is 10.2 Å². The number of nitro groups is 1. The molecule has 1 aromatic carbocycles. The summed E-state index contributed by atoms with van der Waals surface area (Å²) in [4.78, 5) is 15.1. The van der Waals surface area contributed by atoms with Gasteiger partial charge in [0.05, 0.1) is 16.3 Å². The van der Waals surface area contributed by atoms with Crippen LogP contribution in [0.1, 0.15) is 31.0 Å². The lowest BCUT2D eigenvalue weighted by atomic mass is 10.1. The Kier molecular flexibility index (Phi) is 4.50. The highest BCUT2D eigenvalue weighted by Crippen LogP contribution is 2.32. The molecule has 0 saturated carbocycles. The van der Waals surface area contributed by atoms with Gasteiger partial charge in [-0.15, -0.1) is 10.2 Å². The fourth-order valence-electron chi connectivity index (χ4n) is 2.45. The monoisotopic (exact) mass is 357 g/mol. The van der Waals surface area contributed by atoms with Gasteiger partial charge < -0.3 is 0 Å². The second-order valence-electron chi connectivity index (χ2n) is 6.00. The van der Waals surface area contributed by atoms with Crippen molar-refractivity contribution < 1.29 is 4.92 Å². The maximum absolute atomic E-state index is 11.0. The lowest BCUT2D eigenvalue weighted by Gasteiger charge is -2.02. The SMILES string of the molecule is Cc1ccc2nc(C(C)C)c(N=Nc3ccc(Cl)c([N+](=O)[O-])c3)n2c1. The summed E-state index contributed by atoms with van der Waals surface area (Å²) in [5.74, 6) is 0.778. The average Bonchev–Trinajstić information content (AvgIpc) is 2.92. The summed E-state index contributed by atoms with van der Waals surface area (Å²) >= 11 is 5.83. The van der Waals surface area contributed by atoms with E-state index in [2.05, 4.69) is 15.2 Å². The molecule has 0 aliphatic carbocycles. The molecule has 0 unspecified atom stereocenters. The molecule has 0 N–H and O–H groups in total. The predicted octanol–water partition coefficient (Wildman–Crippen LogP) is 5.74. The number of rotatable bonds is 4. The number of fused-ring (bicyclic) bond motifs is 1. The van der Waals surface area contributed by atoms with Gasteiger partial charge in [-0.25, -0.2) is 4.98 Å². The maximum atomic E-state index is 11.0. The summed E-state index contributed by atoms with van der Waals surface area (Å²) < 4.78 is 1.87. The van der Waals surface area contributed by atoms with Gasteiger partial charge in [0.1, 0.15) is 10.7 Å². The van der Waals surface area contributed by atoms with Crippen molar-refractivity contribution in [3.8, 4) is 0 Å². The largest absolute Gasteiger partial charge is 0.290 e. The molecule has 25 heavy (non-hydrogen) atoms. The molecule has 0 aliphatic heterocycles. The van der Waals surface area contributed by atoms with E-state index < -0.39 is 4.92 Å². The van der Waals surface area contributed by atoms with Gasteiger partial charge in [0.2, 0.25) is 0 Å². The minimum Gasteiger partial charge on any atom is -0.283 e. The van der Waals surface area contributed by atoms with E-state index in [0.717, 1.165) is 16.9 Å². The van der Waals surface area contributed by atoms with Crippen molar-refractivity contribution in [3.05, 3.63) is 62.9 Å². The minimum atomic E-state index is -0.543. The molecule has 8 heteroatoms. The van der Waals surface area contributed by atoms with Gasteiger partial charge in [-0.3, -0.25) is 14.5 Å². The van der Waals surface area contributed by atoms with Crippen LogP contribution in [0.5, 0.6) is 0 Å². The van der Waals surface area contributed by atoms with Crippen LogP contribution in [-0.4, -0.2) is 14.3 Å². The molecule has 0 spiro atoms. The zero-order valence-electron chi connectivity index (χ0n) is 14.0. The van der Waals surface area contributed by atoms with Crippen molar-refractivity contribution in [2.75, 3.05) is 0 Å². The Morgan fingerprint density at radius 1 is 1.24 bits per heavy atom. The van der Waals surface area contributed by atoms with Crippen molar-refractivity contribution >= 4 is 34.4 Å². The Labute approximate surface area is 149 Å². The van der Waals surface area contributed by atoms with Crippen LogP contribution in [0.15, 0.2) is 46.8 Å². The predicted molar refractivity (Wildman–Crippen MR) is 96.3 cm³/mol. The van der Waals surface area contributed by atoms with Gasteiger partial charge in [-0.1, -0.05) is 31.5 Å². The lowest BCUT2D eigenvalue weighted by molar-refractivity contribution is -0.384. The molecule has 0 bridgehead atoms. The van der Waals surface area contributed by atoms with E-state index in [1.54, 1.807) is 6.07 Å². The van der Waals surface area contributed by atoms with E-state index in [-0.39, 0.29) is 16.6 Å². The topological polar surface area (TPSA) is 85.2 Å². The maximum Gasteiger partial charge on any atom is 0.290 e. The third-order valence-corrected chi connectivity index (χ3v) is 4.02. The highest BCUT2D eigenvalue weighted by Gasteiger charge is 2.16. The number of hydrogen-bond acceptors (Lipinski definition) is 5. The smallest absolute Gasteiger partial charge is 0.283 e. The standard InChI is InChI=1S/C17H16ClN5O2/c1-10(2)16-17(22-9-11(3)4-7-15(22)19-16)21-20-12-5-6-13(18)14(8-12)23(24)25/h4-10H,1-3H3. The van der Waals surface area contributed by atoms with Crippen molar-refractivity contribution in [3.63, 3.8) is 0 Å². The molecule has 0 atom stereocenters. The number of azo groups is 1. The van der Waals surface area contributed by atoms with Crippen LogP contribution < -0.4 is 0 Å². The van der Waals surface area contributed by atoms with Gasteiger partial charge >= 0.3 is 0 Å². The number of halogens is 1. The van der Waals surface area contributed by atoms with E-state index in [0.29, 0.717) is 11.5 Å². The van der Waals surface area contributed by atoms with E-state index in [4.69, 9.17) is 11.6 Å². The Balaban J connectivity index is 2.09. The average molecular weight is 358 g/mol. The molecule has 128 valence electrons. The van der Waals surface area contributed by atoms with Gasteiger partial charge in [-0.05, 0) is 36.6 Å². The molecule has 0 amide bonds. The second-order valence-corrected chi connectivity index (χ2v) is 6.41. The number of imidazole rings is 1. The van der Waals surface area contributed by atoms with E-state index in [9.17, 15) is 10.1 Å². The van der Waals surface area contributed by atoms with Crippen molar-refractivity contribution in [1.82, 2.24) is 9.38 Å². The Morgan fingerprint density at radius 2 is 2.00 bits per heavy atom. The minimum absolute atomic E-state index is 0.0669. The van der Waals surface area contributed by atoms with Crippen LogP contribution in [0.4, 0.5) is 17.2 Å². The number of aromatic nitrogens is 2. The number of nitrogens with zero attached hydrogens (tertiary/aromatic N) is 5. The molecule has 3 aromatic rings. The Hall–Kier alpha value is -2.80. The Morgan fingerprint density at radius 3 is 2.68 bits per heavy atom. The number of benzene rings is 1. The molecular weight excluding hydrogens is 342 g/mol. The first kappa shape index (κ1) is 17.0. The summed E-state index contributed by atoms with van der Waals surface area (Å²) in [6, 6.07) is 8.23. The van der Waals surface area contributed by atoms with Crippen molar-refractivity contribution in [1.29, 1.82) is 0 Å². The van der Waals surface area contributed by atoms with E-state index in [1.165, 1.54) is 12.1 Å². The number of aryl methyl sites for hydroxylation is 1. The Bertz CT molecular complexity index is 994. The molecule has 3 rings (SSSR count). The normalized spacial score (nSPS) is 11.7. The van der Waals surface area contributed by atoms with E-state index >= 15 is 0 Å². The van der Waals surface area contributed by atoms with Crippen LogP contribution in [0.2, 0.25) is 5.02 Å². The van der Waals surface area contributed by atoms with Crippen LogP contribution in [0, 0.1) is 17.0 Å². The molecule has 2 aromatic heterocycles. The van der Waals surface area contributed by atoms with Gasteiger partial charge in [0.25, 0.3) is 5.69 Å². The third-order valence-electron chi connectivity index (χ3n) is 3.70. The van der Waals surface area contributed by atoms with Crippen LogP contribution >= 0.6 is 11.6 Å². The van der Waals surface area contributed by atoms with Crippen LogP contribution in [-0.2, 0) is 0 Å². The summed E-state index contributed by atoms with van der Waals surface area (Å²) in [7, 11) is 0. The molecule has 0 radical (unpaired) electrons. The van der Waals surface area contributed by atoms with Crippen LogP contribution in [0.25, 0.3) is 5.65 Å². The zero-order valence-corrected chi connectivity index (χ0v) is 14.7. The first-order chi connectivity index (χ1) is 11.9. The molecule has 0 saturated heterocycles. The summed E-state index contributed by atoms with van der Waals surface area (Å²) in [6.45, 7) is 6.04. The van der Waals surface area contributed by atoms with Gasteiger partial charge in [0, 0.05) is 12.3 Å².